The summed E-state index contributed by atoms with van der Waals surface area (Å²) in [4.78, 5) is 149. The number of aliphatic imine (C=N–C) groups is 2. The van der Waals surface area contributed by atoms with Crippen LogP contribution in [0.15, 0.2) is 70.8 Å². The Morgan fingerprint density at radius 1 is 0.684 bits per heavy atom. The molecule has 4 rings (SSSR count). The van der Waals surface area contributed by atoms with E-state index in [0.717, 1.165) is 10.9 Å². The van der Waals surface area contributed by atoms with Crippen LogP contribution in [0.1, 0.15) is 82.3 Å². The molecule has 28 nitrogen and oxygen atoms in total. The molecule has 0 unspecified atom stereocenters. The summed E-state index contributed by atoms with van der Waals surface area (Å²) in [7, 11) is 0. The number of rotatable bonds is 20. The third kappa shape index (κ3) is 22.4. The lowest BCUT2D eigenvalue weighted by atomic mass is 10.0. The third-order valence-electron chi connectivity index (χ3n) is 12.6. The van der Waals surface area contributed by atoms with Crippen LogP contribution in [0.4, 0.5) is 0 Å². The Hall–Kier alpha value is -8.82. The van der Waals surface area contributed by atoms with Crippen molar-refractivity contribution in [3.05, 3.63) is 71.9 Å². The fourth-order valence-corrected chi connectivity index (χ4v) is 8.54. The molecule has 1 fully saturated rings. The number of primary amides is 1. The van der Waals surface area contributed by atoms with Gasteiger partial charge in [-0.2, -0.15) is 0 Å². The van der Waals surface area contributed by atoms with Gasteiger partial charge in [0.05, 0.1) is 13.0 Å². The number of benzene rings is 2. The molecule has 430 valence electrons. The number of para-hydroxylation sites is 1. The highest BCUT2D eigenvalue weighted by atomic mass is 16.2. The molecule has 0 aliphatic carbocycles. The Morgan fingerprint density at radius 3 is 1.94 bits per heavy atom. The first-order chi connectivity index (χ1) is 37.7. The number of nitrogens with one attached hydrogen (secondary N) is 10. The van der Waals surface area contributed by atoms with Crippen LogP contribution in [0.25, 0.3) is 10.9 Å². The van der Waals surface area contributed by atoms with Gasteiger partial charge in [-0.05, 0) is 62.1 Å². The highest BCUT2D eigenvalue weighted by Gasteiger charge is 2.35. The van der Waals surface area contributed by atoms with Crippen molar-refractivity contribution in [2.75, 3.05) is 32.7 Å². The van der Waals surface area contributed by atoms with Gasteiger partial charge in [-0.15, -0.1) is 0 Å². The zero-order valence-electron chi connectivity index (χ0n) is 44.3. The molecule has 2 heterocycles. The predicted octanol–water partition coefficient (Wildman–Crippen LogP) is -4.50. The van der Waals surface area contributed by atoms with Gasteiger partial charge in [0.25, 0.3) is 0 Å². The van der Waals surface area contributed by atoms with E-state index in [1.165, 1.54) is 6.92 Å². The van der Waals surface area contributed by atoms with Crippen molar-refractivity contribution in [2.24, 2.45) is 44.4 Å². The van der Waals surface area contributed by atoms with E-state index in [-0.39, 0.29) is 89.5 Å². The number of H-pyrrole nitrogens is 1. The summed E-state index contributed by atoms with van der Waals surface area (Å²) in [6.45, 7) is 0.735. The summed E-state index contributed by atoms with van der Waals surface area (Å²) in [5.74, 6) is -8.47. The first-order valence-corrected chi connectivity index (χ1v) is 26.1. The molecule has 0 bridgehead atoms. The van der Waals surface area contributed by atoms with Crippen molar-refractivity contribution >= 4 is 81.9 Å². The maximum atomic E-state index is 14.7. The number of nitrogens with two attached hydrogens (primary N) is 6. The molecule has 0 radical (unpaired) electrons. The molecule has 1 saturated heterocycles. The number of aromatic nitrogens is 1. The molecule has 3 aromatic rings. The number of fused-ring (bicyclic) bond motifs is 1. The molecule has 0 spiro atoms. The fourth-order valence-electron chi connectivity index (χ4n) is 8.54. The van der Waals surface area contributed by atoms with Crippen molar-refractivity contribution < 1.29 is 47.9 Å². The van der Waals surface area contributed by atoms with E-state index in [9.17, 15) is 47.9 Å². The molecule has 28 heteroatoms. The van der Waals surface area contributed by atoms with Gasteiger partial charge in [0.2, 0.25) is 59.1 Å². The van der Waals surface area contributed by atoms with E-state index >= 15 is 0 Å². The maximum Gasteiger partial charge on any atom is 0.243 e. The van der Waals surface area contributed by atoms with Gasteiger partial charge in [-0.3, -0.25) is 57.9 Å². The molecule has 1 aliphatic heterocycles. The Morgan fingerprint density at radius 2 is 1.28 bits per heavy atom. The Labute approximate surface area is 456 Å². The zero-order chi connectivity index (χ0) is 57.9. The number of amides is 10. The minimum atomic E-state index is -1.68. The minimum absolute atomic E-state index is 0.00410. The zero-order valence-corrected chi connectivity index (χ0v) is 44.3. The molecular weight excluding hydrogens is 1020 g/mol. The Balaban J connectivity index is 1.79. The number of hydrogen-bond donors (Lipinski definition) is 16. The highest BCUT2D eigenvalue weighted by Crippen LogP contribution is 2.20. The fraction of sp³-hybridized carbons (Fsp3) is 0.490. The van der Waals surface area contributed by atoms with Gasteiger partial charge in [-0.1, -0.05) is 61.4 Å². The van der Waals surface area contributed by atoms with E-state index in [2.05, 4.69) is 62.8 Å². The SMILES string of the molecule is CC(=O)N[C@@H](CCCN=C(N)N)C(=O)N[C@H]1CC(=O)NCCCCC[C@@H](C(N)=O)NC(=O)[C@H](Cc2c[nH]c3ccccc23)NC(=O)[C@H](CCCN=C(N)N)NC(=O)[C@@H](Cc2ccccc2)NC(=O)[C@H](CCNC(=O)CN)NC1=O. The number of aromatic amines is 1. The number of nitrogens with zero attached hydrogens (tertiary/aromatic N) is 2. The number of carbonyl (C=O) groups excluding carboxylic acids is 10. The molecule has 2 aromatic carbocycles. The van der Waals surface area contributed by atoms with Crippen molar-refractivity contribution in [3.8, 4) is 0 Å². The van der Waals surface area contributed by atoms with Crippen molar-refractivity contribution in [1.82, 2.24) is 52.8 Å². The first kappa shape index (κ1) is 62.7. The van der Waals surface area contributed by atoms with Crippen LogP contribution >= 0.6 is 0 Å². The summed E-state index contributed by atoms with van der Waals surface area (Å²) in [5, 5.41) is 24.5. The van der Waals surface area contributed by atoms with E-state index in [1.807, 2.05) is 24.3 Å². The average molecular weight is 1100 g/mol. The molecule has 79 heavy (non-hydrogen) atoms. The average Bonchev–Trinajstić information content (AvgIpc) is 3.89. The monoisotopic (exact) mass is 1100 g/mol. The number of carbonyl (C=O) groups is 10. The Bertz CT molecular complexity index is 2640. The largest absolute Gasteiger partial charge is 0.370 e. The van der Waals surface area contributed by atoms with Gasteiger partial charge in [0.1, 0.15) is 42.3 Å². The standard InChI is InChI=1S/C51H76N18O10/c1-29(70)63-35(17-10-21-60-50(54)55)44(74)69-40-26-41(71)58-20-9-3-6-16-34(43(53)73)64-48(78)39(25-31-28-62-33-15-8-7-14-32(31)33)68-45(75)36(18-11-22-61-51(56)57)65-47(77)38(24-30-12-4-2-5-13-30)67-46(76)37(66-49(40)79)19-23-59-42(72)27-52/h2,4-5,7-8,12-15,28,34-40,62H,3,6,9-11,16-27,52H2,1H3,(H2,53,73)(H,58,71)(H,59,72)(H,63,70)(H,64,78)(H,65,77)(H,66,79)(H,67,76)(H,68,75)(H,69,74)(H4,54,55,60)(H4,56,57,61)/t34-,35-,36-,37-,38+,39-,40-/m0/s1. The molecule has 10 amide bonds. The lowest BCUT2D eigenvalue weighted by Gasteiger charge is -2.28. The van der Waals surface area contributed by atoms with Gasteiger partial charge in [0.15, 0.2) is 11.9 Å². The summed E-state index contributed by atoms with van der Waals surface area (Å²) in [6, 6.07) is 5.91. The topological polar surface area (TPSA) is 476 Å². The van der Waals surface area contributed by atoms with Crippen LogP contribution in [0, 0.1) is 0 Å². The van der Waals surface area contributed by atoms with Crippen molar-refractivity contribution in [3.63, 3.8) is 0 Å². The molecule has 7 atom stereocenters. The van der Waals surface area contributed by atoms with Crippen LogP contribution in [-0.4, -0.2) is 151 Å². The van der Waals surface area contributed by atoms with Crippen molar-refractivity contribution in [1.29, 1.82) is 0 Å². The van der Waals surface area contributed by atoms with E-state index < -0.39 is 114 Å². The molecular formula is C51H76N18O10. The smallest absolute Gasteiger partial charge is 0.243 e. The molecule has 1 aromatic heterocycles. The Kier molecular flexibility index (Phi) is 26.0. The van der Waals surface area contributed by atoms with E-state index in [4.69, 9.17) is 34.4 Å². The molecule has 0 saturated carbocycles. The van der Waals surface area contributed by atoms with Gasteiger partial charge in [0, 0.05) is 63.0 Å². The van der Waals surface area contributed by atoms with Crippen LogP contribution in [0.5, 0.6) is 0 Å². The van der Waals surface area contributed by atoms with Crippen LogP contribution < -0.4 is 82.3 Å². The summed E-state index contributed by atoms with van der Waals surface area (Å²) >= 11 is 0. The second-order valence-corrected chi connectivity index (χ2v) is 18.9. The predicted molar refractivity (Wildman–Crippen MR) is 293 cm³/mol. The normalized spacial score (nSPS) is 20.7. The van der Waals surface area contributed by atoms with Crippen LogP contribution in [-0.2, 0) is 60.8 Å². The second-order valence-electron chi connectivity index (χ2n) is 18.9. The van der Waals surface area contributed by atoms with Gasteiger partial charge < -0.3 is 87.2 Å². The van der Waals surface area contributed by atoms with E-state index in [1.54, 1.807) is 36.5 Å². The lowest BCUT2D eigenvalue weighted by molar-refractivity contribution is -0.136. The van der Waals surface area contributed by atoms with Gasteiger partial charge >= 0.3 is 0 Å². The summed E-state index contributed by atoms with van der Waals surface area (Å²) < 4.78 is 0. The number of guanidine groups is 2. The third-order valence-corrected chi connectivity index (χ3v) is 12.6. The molecule has 22 N–H and O–H groups in total. The van der Waals surface area contributed by atoms with Gasteiger partial charge in [-0.25, -0.2) is 0 Å². The summed E-state index contributed by atoms with van der Waals surface area (Å²) in [6.07, 6.45) is 1.91. The van der Waals surface area contributed by atoms with E-state index in [0.29, 0.717) is 30.4 Å². The second kappa shape index (κ2) is 32.7. The summed E-state index contributed by atoms with van der Waals surface area (Å²) in [5.41, 5.74) is 35.3. The van der Waals surface area contributed by atoms with Crippen molar-refractivity contribution in [2.45, 2.75) is 126 Å². The van der Waals surface area contributed by atoms with Crippen LogP contribution in [0.3, 0.4) is 0 Å². The molecule has 1 aliphatic rings. The first-order valence-electron chi connectivity index (χ1n) is 26.1. The maximum absolute atomic E-state index is 14.7. The number of hydrogen-bond acceptors (Lipinski definition) is 13. The quantitative estimate of drug-likeness (QED) is 0.0288. The minimum Gasteiger partial charge on any atom is -0.370 e. The van der Waals surface area contributed by atoms with Crippen LogP contribution in [0.2, 0.25) is 0 Å². The lowest BCUT2D eigenvalue weighted by Crippen LogP contribution is -2.61. The highest BCUT2D eigenvalue weighted by molar-refractivity contribution is 5.99.